The van der Waals surface area contributed by atoms with Gasteiger partial charge in [0.25, 0.3) is 0 Å². The summed E-state index contributed by atoms with van der Waals surface area (Å²) in [6.45, 7) is 0. The lowest BCUT2D eigenvalue weighted by atomic mass is 10.3. The largest absolute Gasteiger partial charge is 0.573 e. The van der Waals surface area contributed by atoms with Crippen LogP contribution in [0, 0.1) is 3.70 Å². The standard InChI is InChI=1S/C7H3F3INO3/c8-7(9,10)15-4-1-5(11)12-3(2-13)6(4)14/h1-2,14H. The number of hydrogen-bond donors (Lipinski definition) is 1. The van der Waals surface area contributed by atoms with E-state index in [4.69, 9.17) is 5.11 Å². The monoisotopic (exact) mass is 333 g/mol. The molecule has 0 aliphatic heterocycles. The molecular formula is C7H3F3INO3. The van der Waals surface area contributed by atoms with Gasteiger partial charge < -0.3 is 9.84 Å². The summed E-state index contributed by atoms with van der Waals surface area (Å²) >= 11 is 1.59. The zero-order chi connectivity index (χ0) is 11.6. The fourth-order valence-electron chi connectivity index (χ4n) is 0.788. The van der Waals surface area contributed by atoms with E-state index in [2.05, 4.69) is 9.72 Å². The first kappa shape index (κ1) is 12.0. The number of hydrogen-bond acceptors (Lipinski definition) is 4. The molecule has 15 heavy (non-hydrogen) atoms. The molecule has 1 rings (SSSR count). The first-order chi connectivity index (χ1) is 6.83. The molecule has 0 radical (unpaired) electrons. The van der Waals surface area contributed by atoms with Gasteiger partial charge >= 0.3 is 6.36 Å². The van der Waals surface area contributed by atoms with Crippen LogP contribution in [0.5, 0.6) is 11.5 Å². The Morgan fingerprint density at radius 2 is 2.13 bits per heavy atom. The highest BCUT2D eigenvalue weighted by Crippen LogP contribution is 2.33. The number of carbonyl (C=O) groups excluding carboxylic acids is 1. The van der Waals surface area contributed by atoms with Crippen LogP contribution in [0.15, 0.2) is 6.07 Å². The summed E-state index contributed by atoms with van der Waals surface area (Å²) in [4.78, 5) is 13.8. The van der Waals surface area contributed by atoms with Crippen molar-refractivity contribution >= 4 is 28.9 Å². The number of aromatic hydroxyl groups is 1. The second-order valence-electron chi connectivity index (χ2n) is 2.34. The van der Waals surface area contributed by atoms with E-state index in [0.29, 0.717) is 0 Å². The van der Waals surface area contributed by atoms with E-state index in [-0.39, 0.29) is 9.99 Å². The van der Waals surface area contributed by atoms with Gasteiger partial charge in [-0.25, -0.2) is 4.98 Å². The van der Waals surface area contributed by atoms with Gasteiger partial charge in [0, 0.05) is 6.07 Å². The van der Waals surface area contributed by atoms with Gasteiger partial charge in [-0.1, -0.05) is 0 Å². The molecule has 0 aromatic carbocycles. The molecule has 0 amide bonds. The minimum absolute atomic E-state index is 0.103. The molecule has 0 bridgehead atoms. The maximum absolute atomic E-state index is 11.8. The Morgan fingerprint density at radius 1 is 1.53 bits per heavy atom. The topological polar surface area (TPSA) is 59.4 Å². The van der Waals surface area contributed by atoms with Crippen LogP contribution in [0.1, 0.15) is 10.5 Å². The average Bonchev–Trinajstić information content (AvgIpc) is 2.08. The van der Waals surface area contributed by atoms with Crippen LogP contribution >= 0.6 is 22.6 Å². The van der Waals surface area contributed by atoms with Crippen LogP contribution in [-0.2, 0) is 0 Å². The highest BCUT2D eigenvalue weighted by Gasteiger charge is 2.33. The van der Waals surface area contributed by atoms with Crippen LogP contribution in [0.3, 0.4) is 0 Å². The number of alkyl halides is 3. The zero-order valence-electron chi connectivity index (χ0n) is 6.88. The van der Waals surface area contributed by atoms with E-state index in [9.17, 15) is 18.0 Å². The number of carbonyl (C=O) groups is 1. The molecule has 0 saturated heterocycles. The quantitative estimate of drug-likeness (QED) is 0.512. The summed E-state index contributed by atoms with van der Waals surface area (Å²) in [5, 5.41) is 9.15. The number of halogens is 4. The van der Waals surface area contributed by atoms with E-state index in [1.165, 1.54) is 0 Å². The van der Waals surface area contributed by atoms with E-state index in [0.717, 1.165) is 6.07 Å². The van der Waals surface area contributed by atoms with Gasteiger partial charge in [0.1, 0.15) is 9.39 Å². The smallest absolute Gasteiger partial charge is 0.503 e. The van der Waals surface area contributed by atoms with Crippen LogP contribution in [0.4, 0.5) is 13.2 Å². The minimum atomic E-state index is -4.93. The molecule has 8 heteroatoms. The van der Waals surface area contributed by atoms with E-state index in [1.807, 2.05) is 0 Å². The predicted octanol–water partition coefficient (Wildman–Crippen LogP) is 2.10. The number of nitrogens with zero attached hydrogens (tertiary/aromatic N) is 1. The summed E-state index contributed by atoms with van der Waals surface area (Å²) in [6.07, 6.45) is -4.79. The number of aromatic nitrogens is 1. The van der Waals surface area contributed by atoms with E-state index >= 15 is 0 Å². The van der Waals surface area contributed by atoms with Gasteiger partial charge in [0.05, 0.1) is 0 Å². The molecule has 0 spiro atoms. The van der Waals surface area contributed by atoms with Crippen molar-refractivity contribution in [3.63, 3.8) is 0 Å². The normalized spacial score (nSPS) is 11.2. The summed E-state index contributed by atoms with van der Waals surface area (Å²) < 4.78 is 39.1. The van der Waals surface area contributed by atoms with Gasteiger partial charge in [-0.15, -0.1) is 13.2 Å². The number of rotatable bonds is 2. The van der Waals surface area contributed by atoms with E-state index < -0.39 is 23.6 Å². The van der Waals surface area contributed by atoms with Crippen molar-refractivity contribution in [1.29, 1.82) is 0 Å². The van der Waals surface area contributed by atoms with Crippen molar-refractivity contribution in [3.8, 4) is 11.5 Å². The Hall–Kier alpha value is -1.06. The molecule has 1 N–H and O–H groups in total. The van der Waals surface area contributed by atoms with Gasteiger partial charge in [-0.2, -0.15) is 0 Å². The molecule has 4 nitrogen and oxygen atoms in total. The Labute approximate surface area is 95.2 Å². The van der Waals surface area contributed by atoms with Crippen molar-refractivity contribution in [2.45, 2.75) is 6.36 Å². The summed E-state index contributed by atoms with van der Waals surface area (Å²) in [5.74, 6) is -1.77. The molecule has 1 aromatic heterocycles. The Kier molecular flexibility index (Phi) is 3.37. The van der Waals surface area contributed by atoms with Gasteiger partial charge in [-0.3, -0.25) is 4.79 Å². The Bertz CT molecular complexity index is 394. The molecule has 82 valence electrons. The number of pyridine rings is 1. The fraction of sp³-hybridized carbons (Fsp3) is 0.143. The maximum atomic E-state index is 11.8. The van der Waals surface area contributed by atoms with Gasteiger partial charge in [0.15, 0.2) is 17.8 Å². The third kappa shape index (κ3) is 3.22. The second-order valence-corrected chi connectivity index (χ2v) is 3.45. The highest BCUT2D eigenvalue weighted by molar-refractivity contribution is 14.1. The van der Waals surface area contributed by atoms with Crippen LogP contribution in [-0.4, -0.2) is 22.7 Å². The van der Waals surface area contributed by atoms with Crippen molar-refractivity contribution in [1.82, 2.24) is 4.98 Å². The van der Waals surface area contributed by atoms with Crippen molar-refractivity contribution < 1.29 is 27.8 Å². The Morgan fingerprint density at radius 3 is 2.60 bits per heavy atom. The molecule has 0 fully saturated rings. The van der Waals surface area contributed by atoms with E-state index in [1.54, 1.807) is 22.6 Å². The van der Waals surface area contributed by atoms with Crippen molar-refractivity contribution in [2.75, 3.05) is 0 Å². The zero-order valence-corrected chi connectivity index (χ0v) is 9.03. The van der Waals surface area contributed by atoms with Crippen LogP contribution in [0.2, 0.25) is 0 Å². The summed E-state index contributed by atoms with van der Waals surface area (Å²) in [5.41, 5.74) is -0.499. The first-order valence-electron chi connectivity index (χ1n) is 3.44. The van der Waals surface area contributed by atoms with Gasteiger partial charge in [-0.05, 0) is 22.6 Å². The highest BCUT2D eigenvalue weighted by atomic mass is 127. The molecule has 0 aliphatic rings. The van der Waals surface area contributed by atoms with Crippen molar-refractivity contribution in [3.05, 3.63) is 15.5 Å². The third-order valence-electron chi connectivity index (χ3n) is 1.29. The van der Waals surface area contributed by atoms with Crippen molar-refractivity contribution in [2.24, 2.45) is 0 Å². The fourth-order valence-corrected chi connectivity index (χ4v) is 1.33. The first-order valence-corrected chi connectivity index (χ1v) is 4.52. The SMILES string of the molecule is O=Cc1nc(I)cc(OC(F)(F)F)c1O. The molecule has 0 atom stereocenters. The molecule has 1 aromatic rings. The average molecular weight is 333 g/mol. The third-order valence-corrected chi connectivity index (χ3v) is 1.84. The predicted molar refractivity (Wildman–Crippen MR) is 50.7 cm³/mol. The lowest BCUT2D eigenvalue weighted by Crippen LogP contribution is -2.17. The summed E-state index contributed by atoms with van der Waals surface area (Å²) in [6, 6.07) is 0.871. The summed E-state index contributed by atoms with van der Waals surface area (Å²) in [7, 11) is 0. The Balaban J connectivity index is 3.18. The number of aldehydes is 1. The second kappa shape index (κ2) is 4.21. The van der Waals surface area contributed by atoms with Gasteiger partial charge in [0.2, 0.25) is 0 Å². The molecule has 1 heterocycles. The minimum Gasteiger partial charge on any atom is -0.503 e. The van der Waals surface area contributed by atoms with Crippen LogP contribution in [0.25, 0.3) is 0 Å². The molecular weight excluding hydrogens is 330 g/mol. The molecule has 0 aliphatic carbocycles. The lowest BCUT2D eigenvalue weighted by Gasteiger charge is -2.10. The number of ether oxygens (including phenoxy) is 1. The molecule has 0 unspecified atom stereocenters. The maximum Gasteiger partial charge on any atom is 0.573 e. The lowest BCUT2D eigenvalue weighted by molar-refractivity contribution is -0.275. The van der Waals surface area contributed by atoms with Crippen LogP contribution < -0.4 is 4.74 Å². The molecule has 0 saturated carbocycles.